The lowest BCUT2D eigenvalue weighted by atomic mass is 9.99. The first-order valence-corrected chi connectivity index (χ1v) is 14.3. The maximum absolute atomic E-state index is 10.4. The second-order valence-corrected chi connectivity index (χ2v) is 11.1. The largest absolute Gasteiger partial charge is 0.479 e. The van der Waals surface area contributed by atoms with Crippen LogP contribution in [0.1, 0.15) is 27.2 Å². The van der Waals surface area contributed by atoms with E-state index in [1.165, 1.54) is 0 Å². The van der Waals surface area contributed by atoms with Gasteiger partial charge in [-0.3, -0.25) is 0 Å². The quantitative estimate of drug-likeness (QED) is 0.128. The summed E-state index contributed by atoms with van der Waals surface area (Å²) in [5, 5.41) is 152. The van der Waals surface area contributed by atoms with E-state index in [0.29, 0.717) is 6.42 Å². The van der Waals surface area contributed by atoms with Gasteiger partial charge in [0.15, 0.2) is 31.1 Å². The Bertz CT molecular complexity index is 955. The van der Waals surface area contributed by atoms with Crippen LogP contribution in [0, 0.1) is 0 Å². The highest BCUT2D eigenvalue weighted by Gasteiger charge is 2.46. The first-order valence-electron chi connectivity index (χ1n) is 14.3. The molecule has 49 heavy (non-hydrogen) atoms. The molecule has 4 aliphatic heterocycles. The zero-order valence-corrected chi connectivity index (χ0v) is 25.3. The van der Waals surface area contributed by atoms with Gasteiger partial charge in [0.25, 0.3) is 0 Å². The average Bonchev–Trinajstić information content (AvgIpc) is 3.02. The molecule has 0 amide bonds. The molecule has 23 nitrogen and oxygen atoms in total. The van der Waals surface area contributed by atoms with E-state index in [0.717, 1.165) is 0 Å². The molecule has 4 aliphatic rings. The Labute approximate surface area is 278 Å². The Morgan fingerprint density at radius 3 is 1.39 bits per heavy atom. The molecule has 0 aliphatic carbocycles. The maximum atomic E-state index is 10.4. The summed E-state index contributed by atoms with van der Waals surface area (Å²) in [6.07, 6.45) is -23.6. The summed E-state index contributed by atoms with van der Waals surface area (Å²) in [6.45, 7) is 1.03. The lowest BCUT2D eigenvalue weighted by molar-refractivity contribution is -0.286. The number of carboxylic acids is 2. The fraction of sp³-hybridized carbons (Fsp3) is 0.923. The van der Waals surface area contributed by atoms with Gasteiger partial charge in [0.1, 0.15) is 61.0 Å². The van der Waals surface area contributed by atoms with Crippen LogP contribution in [0.2, 0.25) is 0 Å². The van der Waals surface area contributed by atoms with Crippen LogP contribution in [0.15, 0.2) is 0 Å². The number of ether oxygens (including phenoxy) is 4. The Balaban J connectivity index is 0.000000624. The molecule has 4 heterocycles. The van der Waals surface area contributed by atoms with Crippen LogP contribution in [0.5, 0.6) is 0 Å². The predicted octanol–water partition coefficient (Wildman–Crippen LogP) is -8.94. The summed E-state index contributed by atoms with van der Waals surface area (Å²) in [4.78, 5) is 20.7. The number of hydrogen-bond acceptors (Lipinski definition) is 21. The molecule has 0 spiro atoms. The van der Waals surface area contributed by atoms with Gasteiger partial charge in [-0.1, -0.05) is 7.43 Å². The molecule has 0 radical (unpaired) electrons. The highest BCUT2D eigenvalue weighted by molar-refractivity contribution is 5.73. The third kappa shape index (κ3) is 13.3. The fourth-order valence-electron chi connectivity index (χ4n) is 4.52. The maximum Gasteiger partial charge on any atom is 0.335 e. The minimum absolute atomic E-state index is 0. The topological polar surface area (TPSA) is 415 Å². The first-order chi connectivity index (χ1) is 22.2. The average molecular weight is 731 g/mol. The third-order valence-electron chi connectivity index (χ3n) is 7.33. The molecule has 4 saturated heterocycles. The second-order valence-electron chi connectivity index (χ2n) is 11.1. The highest BCUT2D eigenvalue weighted by atomic mass is 16.7. The molecule has 292 valence electrons. The zero-order valence-electron chi connectivity index (χ0n) is 25.3. The lowest BCUT2D eigenvalue weighted by Gasteiger charge is -2.37. The second kappa shape index (κ2) is 21.5. The van der Waals surface area contributed by atoms with Crippen LogP contribution in [0.25, 0.3) is 0 Å². The van der Waals surface area contributed by atoms with Crippen molar-refractivity contribution in [1.82, 2.24) is 0 Å². The SMILES string of the molecule is C.CC1C[C@@H](O)C(O)C(CO)O1.O=C(O)C1OC(O)C[C@@H](O)C1O.O=C(O)C1OC(O)[C@@H](O)[C@@H](O)C1O.OCC1OC(O)[C@H](O)[C@@H](O)C1O. The minimum Gasteiger partial charge on any atom is -0.479 e. The molecule has 0 bridgehead atoms. The van der Waals surface area contributed by atoms with E-state index in [-0.39, 0.29) is 26.6 Å². The van der Waals surface area contributed by atoms with Gasteiger partial charge in [0.05, 0.1) is 31.5 Å². The summed E-state index contributed by atoms with van der Waals surface area (Å²) in [6, 6.07) is 0. The number of aliphatic hydroxyl groups is 15. The number of hydrogen-bond donors (Lipinski definition) is 17. The molecule has 17 N–H and O–H groups in total. The molecule has 4 fully saturated rings. The van der Waals surface area contributed by atoms with Crippen molar-refractivity contribution < 1.29 is 115 Å². The molecule has 4 rings (SSSR count). The smallest absolute Gasteiger partial charge is 0.335 e. The molecule has 18 atom stereocenters. The molecule has 0 aromatic rings. The van der Waals surface area contributed by atoms with Gasteiger partial charge in [-0.05, 0) is 6.92 Å². The van der Waals surface area contributed by atoms with Gasteiger partial charge in [-0.15, -0.1) is 0 Å². The van der Waals surface area contributed by atoms with Crippen molar-refractivity contribution in [3.63, 3.8) is 0 Å². The predicted molar refractivity (Wildman–Crippen MR) is 152 cm³/mol. The van der Waals surface area contributed by atoms with Crippen molar-refractivity contribution in [2.45, 2.75) is 138 Å². The molecule has 0 aromatic carbocycles. The fourth-order valence-corrected chi connectivity index (χ4v) is 4.52. The van der Waals surface area contributed by atoms with Gasteiger partial charge in [-0.25, -0.2) is 9.59 Å². The van der Waals surface area contributed by atoms with Crippen molar-refractivity contribution in [2.75, 3.05) is 13.2 Å². The highest BCUT2D eigenvalue weighted by Crippen LogP contribution is 2.22. The first kappa shape index (κ1) is 47.2. The molecular formula is C26H50O23. The van der Waals surface area contributed by atoms with E-state index in [1.54, 1.807) is 6.92 Å². The molecule has 12 unspecified atom stereocenters. The van der Waals surface area contributed by atoms with Gasteiger partial charge in [0, 0.05) is 12.8 Å². The molecule has 23 heteroatoms. The molecule has 0 aromatic heterocycles. The summed E-state index contributed by atoms with van der Waals surface area (Å²) in [5.74, 6) is -2.92. The van der Waals surface area contributed by atoms with Gasteiger partial charge in [0.2, 0.25) is 0 Å². The summed E-state index contributed by atoms with van der Waals surface area (Å²) in [7, 11) is 0. The van der Waals surface area contributed by atoms with Gasteiger partial charge >= 0.3 is 11.9 Å². The third-order valence-corrected chi connectivity index (χ3v) is 7.33. The van der Waals surface area contributed by atoms with E-state index < -0.39 is 123 Å². The summed E-state index contributed by atoms with van der Waals surface area (Å²) >= 11 is 0. The van der Waals surface area contributed by atoms with Crippen LogP contribution in [0.3, 0.4) is 0 Å². The van der Waals surface area contributed by atoms with E-state index in [9.17, 15) is 19.8 Å². The Hall–Kier alpha value is -1.82. The van der Waals surface area contributed by atoms with Crippen molar-refractivity contribution in [2.24, 2.45) is 0 Å². The molecule has 0 saturated carbocycles. The van der Waals surface area contributed by atoms with Crippen LogP contribution in [0.4, 0.5) is 0 Å². The van der Waals surface area contributed by atoms with Crippen LogP contribution < -0.4 is 0 Å². The Morgan fingerprint density at radius 1 is 0.510 bits per heavy atom. The van der Waals surface area contributed by atoms with E-state index in [1.807, 2.05) is 0 Å². The van der Waals surface area contributed by atoms with Crippen molar-refractivity contribution in [3.8, 4) is 0 Å². The van der Waals surface area contributed by atoms with E-state index in [2.05, 4.69) is 14.2 Å². The van der Waals surface area contributed by atoms with E-state index >= 15 is 0 Å². The van der Waals surface area contributed by atoms with E-state index in [4.69, 9.17) is 81.3 Å². The Kier molecular flexibility index (Phi) is 20.7. The van der Waals surface area contributed by atoms with Crippen LogP contribution in [-0.2, 0) is 28.5 Å². The van der Waals surface area contributed by atoms with Crippen LogP contribution >= 0.6 is 0 Å². The molecular weight excluding hydrogens is 680 g/mol. The van der Waals surface area contributed by atoms with Crippen molar-refractivity contribution in [1.29, 1.82) is 0 Å². The standard InChI is InChI=1S/C7H14O4.C6H10O7.C6H12O6.C6H10O6.CH4/c1-4-2-5(9)7(10)6(3-8)11-4;7-1-2(8)4(5(10)11)13-6(12)3(1)9;7-1-2-3(8)4(9)5(10)6(11)12-2;7-2-1-3(8)12-5(4(2)9)6(10)11;/h4-10H,2-3H2,1H3;1-4,6-9,12H,(H,10,11);2-11H,1H2;2-5,7-9H,1H2,(H,10,11);1H4/t4?,5-,6?,7?;1-,2?,3-,4?,6?;2?,3?,4-,5+,6?;2-,3?,4?,5?;/m1001./s1. The number of aliphatic hydroxyl groups excluding tert-OH is 15. The lowest BCUT2D eigenvalue weighted by Crippen LogP contribution is -2.59. The minimum atomic E-state index is -1.81. The number of carbonyl (C=O) groups is 2. The Morgan fingerprint density at radius 2 is 0.918 bits per heavy atom. The normalized spacial score (nSPS) is 45.0. The number of rotatable bonds is 4. The monoisotopic (exact) mass is 730 g/mol. The van der Waals surface area contributed by atoms with Crippen molar-refractivity contribution in [3.05, 3.63) is 0 Å². The van der Waals surface area contributed by atoms with Gasteiger partial charge < -0.3 is 106 Å². The summed E-state index contributed by atoms with van der Waals surface area (Å²) in [5.41, 5.74) is 0. The zero-order chi connectivity index (χ0) is 37.2. The van der Waals surface area contributed by atoms with Crippen LogP contribution in [-0.4, -0.2) is 222 Å². The number of aliphatic carboxylic acids is 2. The van der Waals surface area contributed by atoms with Crippen molar-refractivity contribution >= 4 is 11.9 Å². The van der Waals surface area contributed by atoms with Gasteiger partial charge in [-0.2, -0.15) is 0 Å². The summed E-state index contributed by atoms with van der Waals surface area (Å²) < 4.78 is 18.5. The number of carboxylic acid groups (broad SMARTS) is 2.